The van der Waals surface area contributed by atoms with Crippen LogP contribution in [0.1, 0.15) is 40.5 Å². The molecular weight excluding hydrogens is 354 g/mol. The molecule has 0 aromatic rings. The number of alkyl halides is 1. The zero-order chi connectivity index (χ0) is 17.3. The van der Waals surface area contributed by atoms with Crippen LogP contribution in [0, 0.1) is 0 Å². The van der Waals surface area contributed by atoms with Crippen molar-refractivity contribution >= 4 is 26.8 Å². The van der Waals surface area contributed by atoms with Crippen LogP contribution in [0.3, 0.4) is 0 Å². The molecule has 22 heavy (non-hydrogen) atoms. The van der Waals surface area contributed by atoms with Crippen LogP contribution in [-0.2, 0) is 27.2 Å². The predicted octanol–water partition coefficient (Wildman–Crippen LogP) is 4.18. The van der Waals surface area contributed by atoms with Gasteiger partial charge in [0.15, 0.2) is 0 Å². The first-order valence-corrected chi connectivity index (χ1v) is 11.0. The molecule has 0 aliphatic heterocycles. The average Bonchev–Trinajstić information content (AvgIpc) is 2.45. The van der Waals surface area contributed by atoms with Crippen molar-refractivity contribution in [2.24, 2.45) is 0 Å². The molecule has 0 bridgehead atoms. The molecule has 0 aromatic heterocycles. The normalized spacial score (nSPS) is 13.5. The van der Waals surface area contributed by atoms with Gasteiger partial charge in [-0.05, 0) is 34.1 Å². The largest absolute Gasteiger partial charge is 0.374 e. The van der Waals surface area contributed by atoms with E-state index in [1.807, 2.05) is 0 Å². The van der Waals surface area contributed by atoms with Gasteiger partial charge in [0, 0.05) is 12.3 Å². The topological polar surface area (TPSA) is 91.3 Å². The van der Waals surface area contributed by atoms with Gasteiger partial charge in [-0.15, -0.1) is 11.6 Å². The lowest BCUT2D eigenvalue weighted by Crippen LogP contribution is -2.33. The van der Waals surface area contributed by atoms with E-state index in [1.54, 1.807) is 27.7 Å². The Labute approximate surface area is 137 Å². The molecule has 0 amide bonds. The van der Waals surface area contributed by atoms with Gasteiger partial charge in [-0.3, -0.25) is 9.13 Å². The van der Waals surface area contributed by atoms with Gasteiger partial charge in [0.25, 0.3) is 5.08 Å². The van der Waals surface area contributed by atoms with E-state index in [9.17, 15) is 14.2 Å². The molecule has 0 rings (SSSR count). The minimum Gasteiger partial charge on any atom is -0.368 e. The molecule has 0 atom stereocenters. The molecular formula is C12H27ClO7P2. The first-order chi connectivity index (χ1) is 10.3. The second-order valence-corrected chi connectivity index (χ2v) is 9.47. The first kappa shape index (κ1) is 22.6. The van der Waals surface area contributed by atoms with Crippen LogP contribution in [0.25, 0.3) is 0 Å². The third-order valence-corrected chi connectivity index (χ3v) is 9.05. The quantitative estimate of drug-likeness (QED) is 0.378. The maximum Gasteiger partial charge on any atom is 0.374 e. The van der Waals surface area contributed by atoms with E-state index in [0.29, 0.717) is 0 Å². The van der Waals surface area contributed by atoms with Crippen molar-refractivity contribution in [2.75, 3.05) is 32.3 Å². The van der Waals surface area contributed by atoms with Crippen molar-refractivity contribution in [3.8, 4) is 0 Å². The van der Waals surface area contributed by atoms with Crippen LogP contribution >= 0.6 is 26.8 Å². The highest BCUT2D eigenvalue weighted by atomic mass is 35.5. The van der Waals surface area contributed by atoms with E-state index in [2.05, 4.69) is 0 Å². The van der Waals surface area contributed by atoms with E-state index in [0.717, 1.165) is 0 Å². The minimum absolute atomic E-state index is 0.0126. The maximum atomic E-state index is 13.1. The lowest BCUT2D eigenvalue weighted by atomic mass is 10.3. The summed E-state index contributed by atoms with van der Waals surface area (Å²) in [5, 5.41) is 8.62. The van der Waals surface area contributed by atoms with Crippen LogP contribution in [0.2, 0.25) is 0 Å². The van der Waals surface area contributed by atoms with Gasteiger partial charge in [-0.2, -0.15) is 0 Å². The monoisotopic (exact) mass is 380 g/mol. The summed E-state index contributed by atoms with van der Waals surface area (Å²) in [7, 11) is -8.34. The van der Waals surface area contributed by atoms with Gasteiger partial charge in [-0.1, -0.05) is 0 Å². The molecule has 0 fully saturated rings. The van der Waals surface area contributed by atoms with Gasteiger partial charge in [0.05, 0.1) is 26.4 Å². The summed E-state index contributed by atoms with van der Waals surface area (Å²) in [6.07, 6.45) is 0.0530. The molecule has 0 radical (unpaired) electrons. The SMILES string of the molecule is CCOP(=O)(OCC)C(O)(CCCCl)P(=O)(OCC)OCC. The predicted molar refractivity (Wildman–Crippen MR) is 86.6 cm³/mol. The summed E-state index contributed by atoms with van der Waals surface area (Å²) in [5.41, 5.74) is 0. The van der Waals surface area contributed by atoms with Crippen molar-refractivity contribution in [3.05, 3.63) is 0 Å². The fourth-order valence-corrected chi connectivity index (χ4v) is 7.12. The number of rotatable bonds is 13. The molecule has 0 aliphatic carbocycles. The zero-order valence-corrected chi connectivity index (χ0v) is 16.2. The Hall–Kier alpha value is 0.550. The Bertz CT molecular complexity index is 355. The van der Waals surface area contributed by atoms with E-state index in [-0.39, 0.29) is 45.1 Å². The standard InChI is InChI=1S/C12H27ClO7P2/c1-5-17-21(15,18-6-2)12(14,10-9-11-13)22(16,19-7-3)20-8-4/h14H,5-11H2,1-4H3. The van der Waals surface area contributed by atoms with Gasteiger partial charge in [0.2, 0.25) is 0 Å². The Morgan fingerprint density at radius 3 is 1.41 bits per heavy atom. The van der Waals surface area contributed by atoms with Gasteiger partial charge in [0.1, 0.15) is 0 Å². The van der Waals surface area contributed by atoms with Crippen molar-refractivity contribution in [1.82, 2.24) is 0 Å². The van der Waals surface area contributed by atoms with Crippen LogP contribution < -0.4 is 0 Å². The highest BCUT2D eigenvalue weighted by Gasteiger charge is 2.64. The van der Waals surface area contributed by atoms with Crippen molar-refractivity contribution in [2.45, 2.75) is 45.6 Å². The Morgan fingerprint density at radius 1 is 0.864 bits per heavy atom. The molecule has 0 saturated heterocycles. The summed E-state index contributed by atoms with van der Waals surface area (Å²) >= 11 is 5.66. The van der Waals surface area contributed by atoms with E-state index in [4.69, 9.17) is 29.7 Å². The number of hydrogen-bond donors (Lipinski definition) is 1. The van der Waals surface area contributed by atoms with Gasteiger partial charge >= 0.3 is 15.2 Å². The van der Waals surface area contributed by atoms with Crippen LogP contribution in [0.5, 0.6) is 0 Å². The van der Waals surface area contributed by atoms with E-state index < -0.39 is 20.3 Å². The summed E-state index contributed by atoms with van der Waals surface area (Å²) < 4.78 is 46.9. The van der Waals surface area contributed by atoms with E-state index in [1.165, 1.54) is 0 Å². The van der Waals surface area contributed by atoms with Gasteiger partial charge < -0.3 is 23.2 Å². The number of halogens is 1. The molecule has 1 N–H and O–H groups in total. The van der Waals surface area contributed by atoms with Crippen molar-refractivity contribution in [1.29, 1.82) is 0 Å². The lowest BCUT2D eigenvalue weighted by molar-refractivity contribution is 0.0772. The highest BCUT2D eigenvalue weighted by molar-refractivity contribution is 7.73. The summed E-state index contributed by atoms with van der Waals surface area (Å²) in [6.45, 7) is 6.44. The summed E-state index contributed by atoms with van der Waals surface area (Å²) in [4.78, 5) is 0. The Balaban J connectivity index is 5.97. The van der Waals surface area contributed by atoms with Crippen LogP contribution in [0.4, 0.5) is 0 Å². The number of aliphatic hydroxyl groups is 1. The molecule has 0 aliphatic rings. The Kier molecular flexibility index (Phi) is 10.7. The number of hydrogen-bond acceptors (Lipinski definition) is 7. The molecule has 7 nitrogen and oxygen atoms in total. The second-order valence-electron chi connectivity index (χ2n) is 4.23. The lowest BCUT2D eigenvalue weighted by Gasteiger charge is -2.38. The molecule has 0 heterocycles. The summed E-state index contributed by atoms with van der Waals surface area (Å²) in [6, 6.07) is 0. The first-order valence-electron chi connectivity index (χ1n) is 7.37. The molecule has 0 aromatic carbocycles. The third kappa shape index (κ3) is 5.02. The zero-order valence-electron chi connectivity index (χ0n) is 13.6. The van der Waals surface area contributed by atoms with Crippen molar-refractivity contribution in [3.63, 3.8) is 0 Å². The Morgan fingerprint density at radius 2 is 1.18 bits per heavy atom. The maximum absolute atomic E-state index is 13.1. The summed E-state index contributed by atoms with van der Waals surface area (Å²) in [5.74, 6) is 0.179. The molecule has 0 saturated carbocycles. The fraction of sp³-hybridized carbons (Fsp3) is 1.00. The average molecular weight is 381 g/mol. The second kappa shape index (κ2) is 10.4. The van der Waals surface area contributed by atoms with E-state index >= 15 is 0 Å². The molecule has 0 unspecified atom stereocenters. The van der Waals surface area contributed by atoms with Crippen molar-refractivity contribution < 1.29 is 32.3 Å². The molecule has 10 heteroatoms. The van der Waals surface area contributed by atoms with Crippen LogP contribution in [0.15, 0.2) is 0 Å². The third-order valence-electron chi connectivity index (χ3n) is 2.72. The molecule has 134 valence electrons. The fourth-order valence-electron chi connectivity index (χ4n) is 1.90. The smallest absolute Gasteiger partial charge is 0.368 e. The van der Waals surface area contributed by atoms with Gasteiger partial charge in [-0.25, -0.2) is 0 Å². The highest BCUT2D eigenvalue weighted by Crippen LogP contribution is 2.78. The minimum atomic E-state index is -4.17. The van der Waals surface area contributed by atoms with Crippen LogP contribution in [-0.4, -0.2) is 42.5 Å². The molecule has 0 spiro atoms.